The van der Waals surface area contributed by atoms with Gasteiger partial charge in [0.2, 0.25) is 5.76 Å². The Morgan fingerprint density at radius 2 is 2.09 bits per heavy atom. The molecule has 0 radical (unpaired) electrons. The lowest BCUT2D eigenvalue weighted by atomic mass is 9.99. The standard InChI is InChI=1S/C25H34F3N5O2/c1-4-6-8-20(14-19-15-29-18(3)21(19)9-7-5-2)31-23(34)22-16-30-24(35-22)33-12-10-32(11-13-33)17-25(26,27)28/h5,7,9,15-16,20,29H,2,4,6,8,10-14,17H2,1,3H3,(H,31,34)/b9-7-. The SMILES string of the molecule is C=C/C=C\c1c(CC(CCCC)NC(=O)c2cnc(N3CCN(CC(F)(F)F)CC3)o2)c[nH]c1C. The van der Waals surface area contributed by atoms with Crippen LogP contribution in [0.1, 0.15) is 53.6 Å². The highest BCUT2D eigenvalue weighted by atomic mass is 19.4. The highest BCUT2D eigenvalue weighted by Crippen LogP contribution is 2.22. The third kappa shape index (κ3) is 7.74. The number of aryl methyl sites for hydroxylation is 1. The molecule has 0 saturated carbocycles. The van der Waals surface area contributed by atoms with Gasteiger partial charge in [-0.05, 0) is 30.9 Å². The summed E-state index contributed by atoms with van der Waals surface area (Å²) in [6.07, 6.45) is 8.20. The smallest absolute Gasteiger partial charge is 0.401 e. The Balaban J connectivity index is 1.62. The summed E-state index contributed by atoms with van der Waals surface area (Å²) in [5, 5.41) is 3.08. The van der Waals surface area contributed by atoms with E-state index < -0.39 is 12.7 Å². The molecule has 3 rings (SSSR count). The molecule has 35 heavy (non-hydrogen) atoms. The normalized spacial score (nSPS) is 16.1. The summed E-state index contributed by atoms with van der Waals surface area (Å²) in [6, 6.07) is 0.165. The van der Waals surface area contributed by atoms with Crippen molar-refractivity contribution in [2.24, 2.45) is 0 Å². The molecular formula is C25H34F3N5O2. The van der Waals surface area contributed by atoms with Gasteiger partial charge in [-0.2, -0.15) is 13.2 Å². The third-order valence-corrected chi connectivity index (χ3v) is 6.08. The van der Waals surface area contributed by atoms with Crippen molar-refractivity contribution in [3.05, 3.63) is 53.7 Å². The van der Waals surface area contributed by atoms with Crippen molar-refractivity contribution >= 4 is 18.0 Å². The number of nitrogens with zero attached hydrogens (tertiary/aromatic N) is 3. The molecule has 2 aromatic heterocycles. The number of alkyl halides is 3. The quantitative estimate of drug-likeness (QED) is 0.443. The van der Waals surface area contributed by atoms with Crippen LogP contribution in [0.25, 0.3) is 6.08 Å². The molecule has 0 aromatic carbocycles. The first kappa shape index (κ1) is 26.6. The fraction of sp³-hybridized carbons (Fsp3) is 0.520. The summed E-state index contributed by atoms with van der Waals surface area (Å²) in [7, 11) is 0. The van der Waals surface area contributed by atoms with E-state index in [0.717, 1.165) is 36.1 Å². The summed E-state index contributed by atoms with van der Waals surface area (Å²) in [5.74, 6) is -0.257. The molecule has 0 aliphatic carbocycles. The average molecular weight is 494 g/mol. The second-order valence-corrected chi connectivity index (χ2v) is 8.85. The Morgan fingerprint density at radius 3 is 2.74 bits per heavy atom. The number of oxazole rings is 1. The number of anilines is 1. The second kappa shape index (κ2) is 12.1. The third-order valence-electron chi connectivity index (χ3n) is 6.08. The van der Waals surface area contributed by atoms with Crippen LogP contribution >= 0.6 is 0 Å². The lowest BCUT2D eigenvalue weighted by molar-refractivity contribution is -0.146. The number of hydrogen-bond acceptors (Lipinski definition) is 5. The van der Waals surface area contributed by atoms with E-state index in [4.69, 9.17) is 4.42 Å². The predicted molar refractivity (Wildman–Crippen MR) is 130 cm³/mol. The van der Waals surface area contributed by atoms with Crippen LogP contribution in [0.5, 0.6) is 0 Å². The van der Waals surface area contributed by atoms with Crippen LogP contribution in [0, 0.1) is 6.92 Å². The molecule has 0 spiro atoms. The molecule has 1 aliphatic rings. The molecule has 7 nitrogen and oxygen atoms in total. The van der Waals surface area contributed by atoms with Crippen LogP contribution in [0.2, 0.25) is 0 Å². The number of piperazine rings is 1. The van der Waals surface area contributed by atoms with Crippen molar-refractivity contribution < 1.29 is 22.4 Å². The van der Waals surface area contributed by atoms with E-state index in [9.17, 15) is 18.0 Å². The molecule has 1 unspecified atom stereocenters. The Bertz CT molecular complexity index is 1000. The number of aromatic amines is 1. The molecule has 192 valence electrons. The fourth-order valence-electron chi connectivity index (χ4n) is 4.22. The Morgan fingerprint density at radius 1 is 1.34 bits per heavy atom. The maximum Gasteiger partial charge on any atom is 0.401 e. The molecule has 0 bridgehead atoms. The summed E-state index contributed by atoms with van der Waals surface area (Å²) < 4.78 is 43.5. The van der Waals surface area contributed by atoms with Gasteiger partial charge in [-0.3, -0.25) is 9.69 Å². The monoisotopic (exact) mass is 493 g/mol. The van der Waals surface area contributed by atoms with Crippen LogP contribution in [0.15, 0.2) is 35.5 Å². The van der Waals surface area contributed by atoms with Gasteiger partial charge in [0.1, 0.15) is 0 Å². The van der Waals surface area contributed by atoms with Crippen molar-refractivity contribution in [2.75, 3.05) is 37.6 Å². The van der Waals surface area contributed by atoms with Gasteiger partial charge in [0.05, 0.1) is 12.7 Å². The van der Waals surface area contributed by atoms with E-state index in [1.54, 1.807) is 11.0 Å². The Labute approximate surface area is 204 Å². The van der Waals surface area contributed by atoms with Gasteiger partial charge in [-0.15, -0.1) is 0 Å². The largest absolute Gasteiger partial charge is 0.418 e. The number of unbranched alkanes of at least 4 members (excludes halogenated alkanes) is 1. The summed E-state index contributed by atoms with van der Waals surface area (Å²) in [5.41, 5.74) is 3.25. The second-order valence-electron chi connectivity index (χ2n) is 8.85. The van der Waals surface area contributed by atoms with Crippen LogP contribution in [-0.2, 0) is 6.42 Å². The van der Waals surface area contributed by atoms with Gasteiger partial charge < -0.3 is 19.6 Å². The van der Waals surface area contributed by atoms with Crippen LogP contribution in [0.4, 0.5) is 19.2 Å². The molecule has 1 amide bonds. The van der Waals surface area contributed by atoms with Crippen molar-refractivity contribution in [1.29, 1.82) is 0 Å². The van der Waals surface area contributed by atoms with E-state index in [-0.39, 0.29) is 36.8 Å². The van der Waals surface area contributed by atoms with E-state index in [0.29, 0.717) is 19.5 Å². The minimum atomic E-state index is -4.22. The topological polar surface area (TPSA) is 77.4 Å². The Kier molecular flexibility index (Phi) is 9.20. The lowest BCUT2D eigenvalue weighted by Gasteiger charge is -2.34. The number of nitrogens with one attached hydrogen (secondary N) is 2. The first-order valence-corrected chi connectivity index (χ1v) is 12.0. The Hall–Kier alpha value is -3.01. The number of allylic oxidation sites excluding steroid dienone is 2. The molecular weight excluding hydrogens is 459 g/mol. The fourth-order valence-corrected chi connectivity index (χ4v) is 4.22. The predicted octanol–water partition coefficient (Wildman–Crippen LogP) is 4.73. The average Bonchev–Trinajstić information content (AvgIpc) is 3.43. The van der Waals surface area contributed by atoms with Gasteiger partial charge in [-0.1, -0.05) is 44.6 Å². The van der Waals surface area contributed by atoms with Crippen LogP contribution in [-0.4, -0.2) is 65.7 Å². The molecule has 1 fully saturated rings. The number of aromatic nitrogens is 2. The van der Waals surface area contributed by atoms with Crippen molar-refractivity contribution in [2.45, 2.75) is 51.7 Å². The zero-order valence-electron chi connectivity index (χ0n) is 20.3. The minimum Gasteiger partial charge on any atom is -0.418 e. The zero-order valence-corrected chi connectivity index (χ0v) is 20.3. The van der Waals surface area contributed by atoms with E-state index in [2.05, 4.69) is 28.8 Å². The van der Waals surface area contributed by atoms with Crippen molar-refractivity contribution in [3.63, 3.8) is 0 Å². The van der Waals surface area contributed by atoms with Crippen LogP contribution in [0.3, 0.4) is 0 Å². The van der Waals surface area contributed by atoms with Gasteiger partial charge in [0.15, 0.2) is 0 Å². The molecule has 1 atom stereocenters. The number of rotatable bonds is 11. The van der Waals surface area contributed by atoms with Crippen molar-refractivity contribution in [3.8, 4) is 0 Å². The summed E-state index contributed by atoms with van der Waals surface area (Å²) in [6.45, 7) is 8.12. The maximum atomic E-state index is 12.9. The molecule has 3 heterocycles. The zero-order chi connectivity index (χ0) is 25.4. The van der Waals surface area contributed by atoms with E-state index in [1.165, 1.54) is 11.1 Å². The number of halogens is 3. The van der Waals surface area contributed by atoms with E-state index in [1.807, 2.05) is 25.3 Å². The maximum absolute atomic E-state index is 12.9. The van der Waals surface area contributed by atoms with Crippen molar-refractivity contribution in [1.82, 2.24) is 20.2 Å². The number of amides is 1. The first-order valence-electron chi connectivity index (χ1n) is 12.0. The first-order chi connectivity index (χ1) is 16.7. The van der Waals surface area contributed by atoms with Gasteiger partial charge in [-0.25, -0.2) is 4.98 Å². The number of H-pyrrole nitrogens is 1. The highest BCUT2D eigenvalue weighted by Gasteiger charge is 2.33. The molecule has 1 saturated heterocycles. The van der Waals surface area contributed by atoms with Gasteiger partial charge in [0.25, 0.3) is 11.9 Å². The molecule has 2 N–H and O–H groups in total. The number of carbonyl (C=O) groups excluding carboxylic acids is 1. The number of hydrogen-bond donors (Lipinski definition) is 2. The minimum absolute atomic E-state index is 0.0898. The number of carbonyl (C=O) groups is 1. The summed E-state index contributed by atoms with van der Waals surface area (Å²) in [4.78, 5) is 23.5. The molecule has 1 aliphatic heterocycles. The summed E-state index contributed by atoms with van der Waals surface area (Å²) >= 11 is 0. The van der Waals surface area contributed by atoms with Gasteiger partial charge in [0, 0.05) is 44.1 Å². The lowest BCUT2D eigenvalue weighted by Crippen LogP contribution is -2.49. The van der Waals surface area contributed by atoms with E-state index >= 15 is 0 Å². The molecule has 10 heteroatoms. The molecule has 2 aromatic rings. The highest BCUT2D eigenvalue weighted by molar-refractivity contribution is 5.91. The van der Waals surface area contributed by atoms with Gasteiger partial charge >= 0.3 is 6.18 Å². The van der Waals surface area contributed by atoms with Crippen LogP contribution < -0.4 is 10.2 Å².